The van der Waals surface area contributed by atoms with E-state index in [0.29, 0.717) is 12.6 Å². The van der Waals surface area contributed by atoms with Gasteiger partial charge in [0.15, 0.2) is 5.82 Å². The average molecular weight is 485 g/mol. The molecule has 0 amide bonds. The topological polar surface area (TPSA) is 79.7 Å². The minimum Gasteiger partial charge on any atom is -0.322 e. The van der Waals surface area contributed by atoms with Crippen LogP contribution in [0.25, 0.3) is 10.9 Å². The molecule has 1 aliphatic carbocycles. The van der Waals surface area contributed by atoms with Crippen LogP contribution in [-0.2, 0) is 19.5 Å². The molecule has 1 N–H and O–H groups in total. The van der Waals surface area contributed by atoms with Crippen LogP contribution in [0.1, 0.15) is 73.1 Å². The van der Waals surface area contributed by atoms with Gasteiger partial charge in [0, 0.05) is 30.2 Å². The highest BCUT2D eigenvalue weighted by Crippen LogP contribution is 2.33. The molecule has 0 radical (unpaired) electrons. The predicted octanol–water partition coefficient (Wildman–Crippen LogP) is 5.27. The third-order valence-electron chi connectivity index (χ3n) is 7.78. The van der Waals surface area contributed by atoms with Crippen molar-refractivity contribution in [1.29, 1.82) is 0 Å². The van der Waals surface area contributed by atoms with Crippen LogP contribution in [0.5, 0.6) is 0 Å². The van der Waals surface area contributed by atoms with Crippen molar-refractivity contribution in [2.75, 3.05) is 0 Å². The van der Waals surface area contributed by atoms with Gasteiger partial charge in [-0.25, -0.2) is 4.68 Å². The van der Waals surface area contributed by atoms with Gasteiger partial charge in [-0.1, -0.05) is 50.1 Å². The number of nitrogens with one attached hydrogen (secondary N) is 1. The molecule has 1 saturated carbocycles. The van der Waals surface area contributed by atoms with E-state index in [1.165, 1.54) is 29.5 Å². The molecule has 4 aromatic rings. The lowest BCUT2D eigenvalue weighted by molar-refractivity contribution is 0.112. The summed E-state index contributed by atoms with van der Waals surface area (Å²) in [4.78, 5) is 18.8. The Morgan fingerprint density at radius 3 is 2.58 bits per heavy atom. The van der Waals surface area contributed by atoms with Crippen LogP contribution < -0.4 is 5.56 Å². The highest BCUT2D eigenvalue weighted by atomic mass is 16.1. The van der Waals surface area contributed by atoms with Crippen LogP contribution >= 0.6 is 0 Å². The Hall–Kier alpha value is -3.32. The fourth-order valence-corrected chi connectivity index (χ4v) is 5.62. The number of rotatable bonds is 9. The lowest BCUT2D eigenvalue weighted by atomic mass is 10.0. The summed E-state index contributed by atoms with van der Waals surface area (Å²) in [6.45, 7) is 7.71. The van der Waals surface area contributed by atoms with Gasteiger partial charge in [-0.3, -0.25) is 9.69 Å². The van der Waals surface area contributed by atoms with Crippen molar-refractivity contribution in [3.8, 4) is 0 Å². The summed E-state index contributed by atoms with van der Waals surface area (Å²) in [5, 5.41) is 14.0. The predicted molar refractivity (Wildman–Crippen MR) is 143 cm³/mol. The van der Waals surface area contributed by atoms with E-state index in [4.69, 9.17) is 0 Å². The molecule has 7 nitrogen and oxygen atoms in total. The van der Waals surface area contributed by atoms with Gasteiger partial charge in [0.25, 0.3) is 5.56 Å². The molecule has 7 heteroatoms. The quantitative estimate of drug-likeness (QED) is 0.350. The Labute approximate surface area is 212 Å². The summed E-state index contributed by atoms with van der Waals surface area (Å²) in [7, 11) is 0. The van der Waals surface area contributed by atoms with Crippen molar-refractivity contribution in [1.82, 2.24) is 30.1 Å². The van der Waals surface area contributed by atoms with Crippen molar-refractivity contribution in [2.24, 2.45) is 0 Å². The van der Waals surface area contributed by atoms with Crippen molar-refractivity contribution >= 4 is 10.9 Å². The third kappa shape index (κ3) is 5.12. The lowest BCUT2D eigenvalue weighted by Crippen LogP contribution is -2.39. The lowest BCUT2D eigenvalue weighted by Gasteiger charge is -2.35. The Balaban J connectivity index is 1.46. The summed E-state index contributed by atoms with van der Waals surface area (Å²) in [5.74, 6) is 0.893. The molecule has 188 valence electrons. The molecule has 0 spiro atoms. The van der Waals surface area contributed by atoms with E-state index in [-0.39, 0.29) is 11.6 Å². The normalized spacial score (nSPS) is 15.2. The molecule has 0 unspecified atom stereocenters. The molecule has 1 atom stereocenters. The molecule has 0 saturated heterocycles. The smallest absolute Gasteiger partial charge is 0.252 e. The number of hydrogen-bond donors (Lipinski definition) is 1. The number of tetrazole rings is 1. The number of pyridine rings is 1. The molecule has 0 aliphatic heterocycles. The molecule has 2 heterocycles. The van der Waals surface area contributed by atoms with Gasteiger partial charge in [-0.2, -0.15) is 0 Å². The zero-order valence-corrected chi connectivity index (χ0v) is 21.6. The van der Waals surface area contributed by atoms with E-state index >= 15 is 0 Å². The number of nitrogens with zero attached hydrogens (tertiary/aromatic N) is 5. The van der Waals surface area contributed by atoms with E-state index in [9.17, 15) is 4.79 Å². The zero-order chi connectivity index (χ0) is 25.1. The minimum absolute atomic E-state index is 0.00716. The molecular weight excluding hydrogens is 448 g/mol. The second kappa shape index (κ2) is 10.7. The number of aromatic nitrogens is 5. The van der Waals surface area contributed by atoms with E-state index < -0.39 is 0 Å². The average Bonchev–Trinajstić information content (AvgIpc) is 3.57. The summed E-state index contributed by atoms with van der Waals surface area (Å²) in [6, 6.07) is 17.2. The summed E-state index contributed by atoms with van der Waals surface area (Å²) < 4.78 is 1.96. The molecule has 2 aromatic heterocycles. The van der Waals surface area contributed by atoms with Crippen LogP contribution in [0, 0.1) is 13.8 Å². The zero-order valence-electron chi connectivity index (χ0n) is 21.6. The van der Waals surface area contributed by atoms with Gasteiger partial charge < -0.3 is 4.98 Å². The summed E-state index contributed by atoms with van der Waals surface area (Å²) in [5.41, 5.74) is 5.39. The molecule has 1 fully saturated rings. The minimum atomic E-state index is -0.00716. The Morgan fingerprint density at radius 1 is 1.08 bits per heavy atom. The summed E-state index contributed by atoms with van der Waals surface area (Å²) in [6.07, 6.45) is 6.50. The fourth-order valence-electron chi connectivity index (χ4n) is 5.62. The summed E-state index contributed by atoms with van der Waals surface area (Å²) >= 11 is 0. The van der Waals surface area contributed by atoms with E-state index in [1.807, 2.05) is 10.7 Å². The van der Waals surface area contributed by atoms with Gasteiger partial charge >= 0.3 is 0 Å². The Kier molecular flexibility index (Phi) is 7.28. The van der Waals surface area contributed by atoms with E-state index in [0.717, 1.165) is 54.5 Å². The van der Waals surface area contributed by atoms with Gasteiger partial charge in [0.05, 0.1) is 6.04 Å². The van der Waals surface area contributed by atoms with Crippen molar-refractivity contribution in [3.63, 3.8) is 0 Å². The molecule has 36 heavy (non-hydrogen) atoms. The SMILES string of the molecule is CC[C@H](c1nnnn1CCc1ccccc1)N(Cc1cc2cc(C)c(C)cc2[nH]c1=O)C1CCCC1. The van der Waals surface area contributed by atoms with Crippen molar-refractivity contribution in [2.45, 2.75) is 84.5 Å². The maximum absolute atomic E-state index is 13.2. The van der Waals surface area contributed by atoms with Gasteiger partial charge in [-0.05, 0) is 90.2 Å². The maximum atomic E-state index is 13.2. The monoisotopic (exact) mass is 484 g/mol. The van der Waals surface area contributed by atoms with E-state index in [2.05, 4.69) is 88.6 Å². The van der Waals surface area contributed by atoms with Crippen LogP contribution in [0.3, 0.4) is 0 Å². The number of aromatic amines is 1. The highest BCUT2D eigenvalue weighted by molar-refractivity contribution is 5.80. The van der Waals surface area contributed by atoms with Crippen LogP contribution in [0.15, 0.2) is 53.3 Å². The van der Waals surface area contributed by atoms with E-state index in [1.54, 1.807) is 0 Å². The largest absolute Gasteiger partial charge is 0.322 e. The standard InChI is InChI=1S/C29H36N6O/c1-4-27(28-31-32-33-35(28)15-14-22-10-6-5-7-11-22)34(25-12-8-9-13-25)19-24-18-23-16-20(2)21(3)17-26(23)30-29(24)36/h5-7,10-11,16-18,25,27H,4,8-9,12-15,19H2,1-3H3,(H,30,36)/t27-/m1/s1. The van der Waals surface area contributed by atoms with Gasteiger partial charge in [-0.15, -0.1) is 5.10 Å². The number of H-pyrrole nitrogens is 1. The first-order valence-corrected chi connectivity index (χ1v) is 13.2. The van der Waals surface area contributed by atoms with Gasteiger partial charge in [0.1, 0.15) is 0 Å². The molecule has 2 aromatic carbocycles. The second-order valence-corrected chi connectivity index (χ2v) is 10.2. The van der Waals surface area contributed by atoms with Gasteiger partial charge in [0.2, 0.25) is 0 Å². The Bertz CT molecular complexity index is 1370. The molecule has 5 rings (SSSR count). The highest BCUT2D eigenvalue weighted by Gasteiger charge is 2.32. The number of fused-ring (bicyclic) bond motifs is 1. The molecule has 0 bridgehead atoms. The first kappa shape index (κ1) is 24.4. The molecular formula is C29H36N6O. The second-order valence-electron chi connectivity index (χ2n) is 10.2. The van der Waals surface area contributed by atoms with Crippen LogP contribution in [0.2, 0.25) is 0 Å². The number of benzene rings is 2. The fraction of sp³-hybridized carbons (Fsp3) is 0.448. The van der Waals surface area contributed by atoms with Crippen LogP contribution in [0.4, 0.5) is 0 Å². The third-order valence-corrected chi connectivity index (χ3v) is 7.78. The van der Waals surface area contributed by atoms with Crippen LogP contribution in [-0.4, -0.2) is 36.1 Å². The first-order valence-electron chi connectivity index (χ1n) is 13.2. The van der Waals surface area contributed by atoms with Crippen molar-refractivity contribution in [3.05, 3.63) is 87.0 Å². The molecule has 1 aliphatic rings. The number of aryl methyl sites for hydroxylation is 4. The van der Waals surface area contributed by atoms with Crippen molar-refractivity contribution < 1.29 is 0 Å². The number of hydrogen-bond acceptors (Lipinski definition) is 5. The Morgan fingerprint density at radius 2 is 1.83 bits per heavy atom. The first-order chi connectivity index (χ1) is 17.5. The maximum Gasteiger partial charge on any atom is 0.252 e.